The van der Waals surface area contributed by atoms with Crippen molar-refractivity contribution < 1.29 is 9.67 Å². The van der Waals surface area contributed by atoms with Crippen molar-refractivity contribution in [3.05, 3.63) is 59.1 Å². The molecule has 2 aromatic carbocycles. The van der Waals surface area contributed by atoms with Gasteiger partial charge in [0, 0.05) is 6.07 Å². The first-order chi connectivity index (χ1) is 8.74. The Morgan fingerprint density at radius 1 is 1.06 bits per heavy atom. The number of rotatable bonds is 2. The molecule has 0 radical (unpaired) electrons. The predicted molar refractivity (Wildman–Crippen MR) is 73.9 cm³/mol. The van der Waals surface area contributed by atoms with E-state index in [1.807, 2.05) is 23.5 Å². The molecule has 0 spiro atoms. The van der Waals surface area contributed by atoms with Crippen molar-refractivity contribution in [2.75, 3.05) is 0 Å². The fourth-order valence-corrected chi connectivity index (χ4v) is 3.28. The minimum Gasteiger partial charge on any atom is -0.508 e. The summed E-state index contributed by atoms with van der Waals surface area (Å²) in [6.45, 7) is 0. The fourth-order valence-electron chi connectivity index (χ4n) is 2.09. The predicted octanol–water partition coefficient (Wildman–Crippen LogP) is 3.02. The monoisotopic (exact) mass is 256 g/mol. The van der Waals surface area contributed by atoms with E-state index in [0.717, 1.165) is 6.42 Å². The standard InChI is InChI=1S/C15H13NOS/c1-16-13-4-2-3-5-14(13)18-15(16)10-11-6-8-12(17)9-7-11/h2-9H,10H2,1H3/p+1. The van der Waals surface area contributed by atoms with Crippen molar-refractivity contribution in [2.24, 2.45) is 7.05 Å². The van der Waals surface area contributed by atoms with Crippen LogP contribution in [-0.2, 0) is 13.5 Å². The second-order valence-electron chi connectivity index (χ2n) is 4.37. The molecule has 0 atom stereocenters. The molecule has 0 bridgehead atoms. The highest BCUT2D eigenvalue weighted by atomic mass is 32.1. The van der Waals surface area contributed by atoms with Crippen molar-refractivity contribution >= 4 is 21.6 Å². The number of aromatic hydroxyl groups is 1. The van der Waals surface area contributed by atoms with Gasteiger partial charge >= 0.3 is 0 Å². The van der Waals surface area contributed by atoms with E-state index in [1.54, 1.807) is 12.1 Å². The zero-order chi connectivity index (χ0) is 12.5. The van der Waals surface area contributed by atoms with E-state index in [9.17, 15) is 5.11 Å². The largest absolute Gasteiger partial charge is 0.508 e. The molecule has 1 aromatic heterocycles. The molecule has 90 valence electrons. The van der Waals surface area contributed by atoms with Gasteiger partial charge in [0.25, 0.3) is 0 Å². The minimum absolute atomic E-state index is 0.319. The van der Waals surface area contributed by atoms with Crippen molar-refractivity contribution in [2.45, 2.75) is 6.42 Å². The van der Waals surface area contributed by atoms with Crippen LogP contribution in [0.1, 0.15) is 10.6 Å². The average molecular weight is 256 g/mol. The first-order valence-corrected chi connectivity index (χ1v) is 6.70. The number of nitrogens with zero attached hydrogens (tertiary/aromatic N) is 1. The number of para-hydroxylation sites is 1. The molecular weight excluding hydrogens is 242 g/mol. The summed E-state index contributed by atoms with van der Waals surface area (Å²) in [6, 6.07) is 15.9. The lowest BCUT2D eigenvalue weighted by Gasteiger charge is -1.97. The Morgan fingerprint density at radius 2 is 1.78 bits per heavy atom. The summed E-state index contributed by atoms with van der Waals surface area (Å²) < 4.78 is 3.56. The number of phenolic OH excluding ortho intramolecular Hbond substituents is 1. The zero-order valence-electron chi connectivity index (χ0n) is 10.1. The van der Waals surface area contributed by atoms with Gasteiger partial charge < -0.3 is 5.11 Å². The molecule has 0 aliphatic heterocycles. The quantitative estimate of drug-likeness (QED) is 0.700. The molecular formula is C15H14NOS+. The average Bonchev–Trinajstić information content (AvgIpc) is 2.70. The van der Waals surface area contributed by atoms with Gasteiger partial charge in [0.1, 0.15) is 17.5 Å². The number of aryl methyl sites for hydroxylation is 1. The molecule has 0 unspecified atom stereocenters. The van der Waals surface area contributed by atoms with Gasteiger partial charge in [-0.25, -0.2) is 0 Å². The molecule has 3 heteroatoms. The van der Waals surface area contributed by atoms with Crippen LogP contribution in [0.2, 0.25) is 0 Å². The number of benzene rings is 2. The van der Waals surface area contributed by atoms with Gasteiger partial charge in [0.2, 0.25) is 10.5 Å². The van der Waals surface area contributed by atoms with Crippen molar-refractivity contribution in [1.82, 2.24) is 0 Å². The van der Waals surface area contributed by atoms with Gasteiger partial charge in [-0.3, -0.25) is 0 Å². The van der Waals surface area contributed by atoms with Crippen LogP contribution in [-0.4, -0.2) is 5.11 Å². The maximum atomic E-state index is 9.29. The van der Waals surface area contributed by atoms with Crippen LogP contribution in [0, 0.1) is 0 Å². The molecule has 18 heavy (non-hydrogen) atoms. The Balaban J connectivity index is 1.99. The van der Waals surface area contributed by atoms with Crippen LogP contribution in [0.15, 0.2) is 48.5 Å². The van der Waals surface area contributed by atoms with Crippen LogP contribution in [0.5, 0.6) is 5.75 Å². The lowest BCUT2D eigenvalue weighted by molar-refractivity contribution is -0.647. The highest BCUT2D eigenvalue weighted by Crippen LogP contribution is 2.22. The van der Waals surface area contributed by atoms with E-state index in [2.05, 4.69) is 35.9 Å². The third-order valence-electron chi connectivity index (χ3n) is 3.12. The van der Waals surface area contributed by atoms with Gasteiger partial charge in [-0.1, -0.05) is 35.6 Å². The van der Waals surface area contributed by atoms with Crippen LogP contribution >= 0.6 is 11.3 Å². The van der Waals surface area contributed by atoms with E-state index in [4.69, 9.17) is 0 Å². The smallest absolute Gasteiger partial charge is 0.242 e. The highest BCUT2D eigenvalue weighted by Gasteiger charge is 2.16. The fraction of sp³-hybridized carbons (Fsp3) is 0.133. The maximum absolute atomic E-state index is 9.29. The highest BCUT2D eigenvalue weighted by molar-refractivity contribution is 7.18. The van der Waals surface area contributed by atoms with E-state index in [1.165, 1.54) is 20.8 Å². The number of fused-ring (bicyclic) bond motifs is 1. The number of aromatic nitrogens is 1. The summed E-state index contributed by atoms with van der Waals surface area (Å²) in [5, 5.41) is 10.6. The van der Waals surface area contributed by atoms with Crippen LogP contribution in [0.3, 0.4) is 0 Å². The molecule has 0 amide bonds. The number of hydrogen-bond donors (Lipinski definition) is 1. The molecule has 1 heterocycles. The molecule has 0 fully saturated rings. The lowest BCUT2D eigenvalue weighted by Crippen LogP contribution is -2.30. The molecule has 0 saturated carbocycles. The third kappa shape index (κ3) is 1.97. The van der Waals surface area contributed by atoms with Crippen LogP contribution in [0.4, 0.5) is 0 Å². The maximum Gasteiger partial charge on any atom is 0.242 e. The van der Waals surface area contributed by atoms with Crippen LogP contribution < -0.4 is 4.57 Å². The van der Waals surface area contributed by atoms with Gasteiger partial charge in [0.15, 0.2) is 0 Å². The molecule has 0 aliphatic carbocycles. The number of phenols is 1. The van der Waals surface area contributed by atoms with Crippen molar-refractivity contribution in [3.63, 3.8) is 0 Å². The first-order valence-electron chi connectivity index (χ1n) is 5.88. The Hall–Kier alpha value is -1.87. The molecule has 1 N–H and O–H groups in total. The molecule has 2 nitrogen and oxygen atoms in total. The Labute approximate surface area is 110 Å². The molecule has 0 aliphatic rings. The van der Waals surface area contributed by atoms with Gasteiger partial charge in [0.05, 0.1) is 6.42 Å². The van der Waals surface area contributed by atoms with Gasteiger partial charge in [-0.15, -0.1) is 0 Å². The normalized spacial score (nSPS) is 10.9. The summed E-state index contributed by atoms with van der Waals surface area (Å²) in [4.78, 5) is 0. The third-order valence-corrected chi connectivity index (χ3v) is 4.34. The Kier molecular flexibility index (Phi) is 2.76. The Morgan fingerprint density at radius 3 is 2.50 bits per heavy atom. The van der Waals surface area contributed by atoms with Crippen LogP contribution in [0.25, 0.3) is 10.2 Å². The van der Waals surface area contributed by atoms with E-state index in [0.29, 0.717) is 5.75 Å². The van der Waals surface area contributed by atoms with Crippen molar-refractivity contribution in [3.8, 4) is 5.75 Å². The van der Waals surface area contributed by atoms with Gasteiger partial charge in [-0.2, -0.15) is 4.57 Å². The topological polar surface area (TPSA) is 24.1 Å². The molecule has 3 rings (SSSR count). The SMILES string of the molecule is C[n+]1c(Cc2ccc(O)cc2)sc2ccccc21. The summed E-state index contributed by atoms with van der Waals surface area (Å²) in [5.41, 5.74) is 2.49. The minimum atomic E-state index is 0.319. The molecule has 0 saturated heterocycles. The number of hydrogen-bond acceptors (Lipinski definition) is 2. The second-order valence-corrected chi connectivity index (χ2v) is 5.48. The summed E-state index contributed by atoms with van der Waals surface area (Å²) in [7, 11) is 2.11. The lowest BCUT2D eigenvalue weighted by atomic mass is 10.1. The number of thiazole rings is 1. The zero-order valence-corrected chi connectivity index (χ0v) is 10.9. The van der Waals surface area contributed by atoms with E-state index in [-0.39, 0.29) is 0 Å². The second kappa shape index (κ2) is 4.42. The van der Waals surface area contributed by atoms with Crippen molar-refractivity contribution in [1.29, 1.82) is 0 Å². The van der Waals surface area contributed by atoms with Gasteiger partial charge in [-0.05, 0) is 23.8 Å². The first kappa shape index (κ1) is 11.2. The summed E-state index contributed by atoms with van der Waals surface area (Å²) in [5.74, 6) is 0.319. The Bertz CT molecular complexity index is 685. The summed E-state index contributed by atoms with van der Waals surface area (Å²) >= 11 is 1.82. The van der Waals surface area contributed by atoms with E-state index >= 15 is 0 Å². The van der Waals surface area contributed by atoms with E-state index < -0.39 is 0 Å². The summed E-state index contributed by atoms with van der Waals surface area (Å²) in [6.07, 6.45) is 0.899. The molecule has 3 aromatic rings.